The molecule has 3 aromatic carbocycles. The van der Waals surface area contributed by atoms with Gasteiger partial charge in [0.25, 0.3) is 0 Å². The number of nitriles is 1. The summed E-state index contributed by atoms with van der Waals surface area (Å²) < 4.78 is 11.2. The molecule has 1 spiro atoms. The Balaban J connectivity index is 1.22. The van der Waals surface area contributed by atoms with Gasteiger partial charge in [-0.2, -0.15) is 5.26 Å². The van der Waals surface area contributed by atoms with Gasteiger partial charge in [0.05, 0.1) is 18.2 Å². The SMILES string of the molecule is CCOC(=O)CCCc1ccc(C#N)cc1NC[C@@H]1C[C@]12CCc1ccc(OCc3ccccc3)cc12. The number of carbonyl (C=O) groups excluding carboxylic acids is 1. The molecule has 5 rings (SSSR count). The molecule has 2 aliphatic rings. The third-order valence-electron chi connectivity index (χ3n) is 7.85. The lowest BCUT2D eigenvalue weighted by Crippen LogP contribution is -2.14. The summed E-state index contributed by atoms with van der Waals surface area (Å²) in [7, 11) is 0. The molecule has 0 aliphatic heterocycles. The summed E-state index contributed by atoms with van der Waals surface area (Å²) in [4.78, 5) is 11.7. The van der Waals surface area contributed by atoms with E-state index in [1.807, 2.05) is 43.3 Å². The second kappa shape index (κ2) is 11.1. The molecule has 0 amide bonds. The first kappa shape index (κ1) is 24.9. The second-order valence-corrected chi connectivity index (χ2v) is 10.2. The molecular formula is C32H34N2O3. The zero-order chi connectivity index (χ0) is 25.7. The summed E-state index contributed by atoms with van der Waals surface area (Å²) in [6, 6.07) is 24.9. The molecule has 0 radical (unpaired) electrons. The molecule has 5 heteroatoms. The van der Waals surface area contributed by atoms with Crippen molar-refractivity contribution < 1.29 is 14.3 Å². The van der Waals surface area contributed by atoms with Crippen molar-refractivity contribution in [3.05, 3.63) is 94.5 Å². The van der Waals surface area contributed by atoms with Crippen LogP contribution < -0.4 is 10.1 Å². The standard InChI is InChI=1S/C32H34N2O3/c1-2-36-31(35)10-6-9-26-12-11-24(20-33)17-30(26)34-21-27-19-32(27)16-15-25-13-14-28(18-29(25)32)37-22-23-7-4-3-5-8-23/h3-5,7-8,11-14,17-18,27,34H,2,6,9-10,15-16,19,21-22H2,1H3/t27-,32+/m0/s1. The predicted molar refractivity (Wildman–Crippen MR) is 145 cm³/mol. The Bertz CT molecular complexity index is 1300. The Kier molecular flexibility index (Phi) is 7.46. The van der Waals surface area contributed by atoms with Crippen LogP contribution in [0.15, 0.2) is 66.7 Å². The smallest absolute Gasteiger partial charge is 0.305 e. The molecule has 0 heterocycles. The lowest BCUT2D eigenvalue weighted by molar-refractivity contribution is -0.143. The number of esters is 1. The molecule has 2 aliphatic carbocycles. The highest BCUT2D eigenvalue weighted by Gasteiger charge is 2.57. The van der Waals surface area contributed by atoms with Gasteiger partial charge in [-0.05, 0) is 91.5 Å². The number of benzene rings is 3. The fourth-order valence-electron chi connectivity index (χ4n) is 5.76. The first-order valence-corrected chi connectivity index (χ1v) is 13.3. The summed E-state index contributed by atoms with van der Waals surface area (Å²) in [5, 5.41) is 13.1. The number of anilines is 1. The summed E-state index contributed by atoms with van der Waals surface area (Å²) in [5.41, 5.74) is 7.08. The van der Waals surface area contributed by atoms with Gasteiger partial charge in [0.15, 0.2) is 0 Å². The number of nitrogens with zero attached hydrogens (tertiary/aromatic N) is 1. The van der Waals surface area contributed by atoms with Crippen molar-refractivity contribution in [2.45, 2.75) is 57.5 Å². The summed E-state index contributed by atoms with van der Waals surface area (Å²) in [6.07, 6.45) is 5.38. The maximum Gasteiger partial charge on any atom is 0.305 e. The minimum Gasteiger partial charge on any atom is -0.489 e. The molecular weight excluding hydrogens is 460 g/mol. The van der Waals surface area contributed by atoms with E-state index in [0.717, 1.165) is 42.8 Å². The predicted octanol–water partition coefficient (Wildman–Crippen LogP) is 6.34. The van der Waals surface area contributed by atoms with Crippen molar-refractivity contribution in [1.29, 1.82) is 5.26 Å². The van der Waals surface area contributed by atoms with Gasteiger partial charge in [-0.25, -0.2) is 0 Å². The Hall–Kier alpha value is -3.78. The number of nitrogens with one attached hydrogen (secondary N) is 1. The number of ether oxygens (including phenoxy) is 2. The van der Waals surface area contributed by atoms with Crippen molar-refractivity contribution >= 4 is 11.7 Å². The molecule has 2 atom stereocenters. The second-order valence-electron chi connectivity index (χ2n) is 10.2. The number of aryl methyl sites for hydroxylation is 2. The maximum atomic E-state index is 11.7. The van der Waals surface area contributed by atoms with Gasteiger partial charge in [-0.1, -0.05) is 42.5 Å². The molecule has 0 aromatic heterocycles. The van der Waals surface area contributed by atoms with Crippen molar-refractivity contribution in [2.75, 3.05) is 18.5 Å². The van der Waals surface area contributed by atoms with Gasteiger partial charge in [-0.15, -0.1) is 0 Å². The van der Waals surface area contributed by atoms with Crippen LogP contribution in [0.25, 0.3) is 0 Å². The molecule has 0 unspecified atom stereocenters. The molecule has 37 heavy (non-hydrogen) atoms. The van der Waals surface area contributed by atoms with E-state index in [0.29, 0.717) is 31.1 Å². The van der Waals surface area contributed by atoms with Crippen molar-refractivity contribution in [3.8, 4) is 11.8 Å². The van der Waals surface area contributed by atoms with Gasteiger partial charge < -0.3 is 14.8 Å². The molecule has 3 aromatic rings. The average molecular weight is 495 g/mol. The van der Waals surface area contributed by atoms with Crippen LogP contribution in [-0.2, 0) is 34.4 Å². The van der Waals surface area contributed by atoms with Crippen LogP contribution in [0.5, 0.6) is 5.75 Å². The van der Waals surface area contributed by atoms with Gasteiger partial charge >= 0.3 is 5.97 Å². The number of fused-ring (bicyclic) bond motifs is 2. The monoisotopic (exact) mass is 494 g/mol. The van der Waals surface area contributed by atoms with Crippen molar-refractivity contribution in [1.82, 2.24) is 0 Å². The Morgan fingerprint density at radius 3 is 2.81 bits per heavy atom. The molecule has 1 fully saturated rings. The zero-order valence-corrected chi connectivity index (χ0v) is 21.5. The Labute approximate surface area is 219 Å². The first-order valence-electron chi connectivity index (χ1n) is 13.3. The van der Waals surface area contributed by atoms with E-state index >= 15 is 0 Å². The van der Waals surface area contributed by atoms with Gasteiger partial charge in [0.1, 0.15) is 12.4 Å². The van der Waals surface area contributed by atoms with Crippen LogP contribution in [-0.4, -0.2) is 19.1 Å². The van der Waals surface area contributed by atoms with Crippen molar-refractivity contribution in [3.63, 3.8) is 0 Å². The zero-order valence-electron chi connectivity index (χ0n) is 21.5. The summed E-state index contributed by atoms with van der Waals surface area (Å²) >= 11 is 0. The lowest BCUT2D eigenvalue weighted by atomic mass is 9.95. The average Bonchev–Trinajstić information content (AvgIpc) is 3.52. The molecule has 1 saturated carbocycles. The topological polar surface area (TPSA) is 71.4 Å². The van der Waals surface area contributed by atoms with E-state index in [2.05, 4.69) is 41.7 Å². The normalized spacial score (nSPS) is 19.2. The Morgan fingerprint density at radius 2 is 2.00 bits per heavy atom. The minimum absolute atomic E-state index is 0.155. The molecule has 5 nitrogen and oxygen atoms in total. The van der Waals surface area contributed by atoms with Crippen molar-refractivity contribution in [2.24, 2.45) is 5.92 Å². The number of hydrogen-bond acceptors (Lipinski definition) is 5. The fraction of sp³-hybridized carbons (Fsp3) is 0.375. The van der Waals surface area contributed by atoms with E-state index in [1.165, 1.54) is 29.5 Å². The molecule has 1 N–H and O–H groups in total. The third-order valence-corrected chi connectivity index (χ3v) is 7.85. The summed E-state index contributed by atoms with van der Waals surface area (Å²) in [6.45, 7) is 3.68. The maximum absolute atomic E-state index is 11.7. The number of rotatable bonds is 11. The Morgan fingerprint density at radius 1 is 1.14 bits per heavy atom. The van der Waals surface area contributed by atoms with Crippen LogP contribution in [0.3, 0.4) is 0 Å². The van der Waals surface area contributed by atoms with Crippen LogP contribution in [0.2, 0.25) is 0 Å². The number of hydrogen-bond donors (Lipinski definition) is 1. The lowest BCUT2D eigenvalue weighted by Gasteiger charge is -2.16. The van der Waals surface area contributed by atoms with Crippen LogP contribution in [0.1, 0.15) is 60.4 Å². The highest BCUT2D eigenvalue weighted by molar-refractivity contribution is 5.69. The van der Waals surface area contributed by atoms with E-state index in [1.54, 1.807) is 0 Å². The van der Waals surface area contributed by atoms with Gasteiger partial charge in [0, 0.05) is 24.1 Å². The van der Waals surface area contributed by atoms with Crippen LogP contribution >= 0.6 is 0 Å². The fourth-order valence-corrected chi connectivity index (χ4v) is 5.76. The number of carbonyl (C=O) groups is 1. The van der Waals surface area contributed by atoms with E-state index in [-0.39, 0.29) is 11.4 Å². The van der Waals surface area contributed by atoms with Crippen LogP contribution in [0.4, 0.5) is 5.69 Å². The van der Waals surface area contributed by atoms with E-state index in [9.17, 15) is 10.1 Å². The first-order chi connectivity index (χ1) is 18.1. The van der Waals surface area contributed by atoms with E-state index in [4.69, 9.17) is 9.47 Å². The largest absolute Gasteiger partial charge is 0.489 e. The molecule has 0 saturated heterocycles. The quantitative estimate of drug-likeness (QED) is 0.315. The summed E-state index contributed by atoms with van der Waals surface area (Å²) in [5.74, 6) is 1.34. The van der Waals surface area contributed by atoms with Gasteiger partial charge in [0.2, 0.25) is 0 Å². The van der Waals surface area contributed by atoms with Gasteiger partial charge in [-0.3, -0.25) is 4.79 Å². The third kappa shape index (κ3) is 5.64. The molecule has 190 valence electrons. The minimum atomic E-state index is -0.155. The van der Waals surface area contributed by atoms with Crippen LogP contribution in [0, 0.1) is 17.2 Å². The molecule has 0 bridgehead atoms. The highest BCUT2D eigenvalue weighted by Crippen LogP contribution is 2.61. The van der Waals surface area contributed by atoms with E-state index < -0.39 is 0 Å². The highest BCUT2D eigenvalue weighted by atomic mass is 16.5.